The van der Waals surface area contributed by atoms with Crippen molar-refractivity contribution in [3.8, 4) is 6.07 Å². The van der Waals surface area contributed by atoms with Crippen molar-refractivity contribution in [1.82, 2.24) is 10.6 Å². The average molecular weight is 422 g/mol. The van der Waals surface area contributed by atoms with Crippen LogP contribution in [0.5, 0.6) is 0 Å². The maximum Gasteiger partial charge on any atom is 0.338 e. The summed E-state index contributed by atoms with van der Waals surface area (Å²) >= 11 is 0. The fraction of sp³-hybridized carbons (Fsp3) is 0.304. The van der Waals surface area contributed by atoms with Crippen LogP contribution in [0.1, 0.15) is 36.2 Å². The number of urea groups is 1. The average Bonchev–Trinajstić information content (AvgIpc) is 2.77. The van der Waals surface area contributed by atoms with E-state index in [1.54, 1.807) is 48.5 Å². The third-order valence-corrected chi connectivity index (χ3v) is 4.21. The number of ether oxygens (including phenoxy) is 1. The van der Waals surface area contributed by atoms with Gasteiger partial charge in [0.25, 0.3) is 5.91 Å². The van der Waals surface area contributed by atoms with Gasteiger partial charge >= 0.3 is 12.0 Å². The lowest BCUT2D eigenvalue weighted by atomic mass is 10.1. The van der Waals surface area contributed by atoms with Gasteiger partial charge in [0, 0.05) is 24.8 Å². The molecule has 31 heavy (non-hydrogen) atoms. The molecule has 3 amide bonds. The Bertz CT molecular complexity index is 921. The first kappa shape index (κ1) is 23.4. The van der Waals surface area contributed by atoms with Crippen molar-refractivity contribution in [2.75, 3.05) is 18.1 Å². The molecule has 0 saturated carbocycles. The van der Waals surface area contributed by atoms with E-state index >= 15 is 0 Å². The zero-order valence-electron chi connectivity index (χ0n) is 17.6. The number of para-hydroxylation sites is 1. The number of rotatable bonds is 9. The summed E-state index contributed by atoms with van der Waals surface area (Å²) in [5.74, 6) is -1.04. The van der Waals surface area contributed by atoms with Crippen molar-refractivity contribution in [3.05, 3.63) is 65.7 Å². The summed E-state index contributed by atoms with van der Waals surface area (Å²) in [5.41, 5.74) is 1.75. The number of nitrogens with one attached hydrogen (secondary N) is 2. The number of benzene rings is 2. The summed E-state index contributed by atoms with van der Waals surface area (Å²) in [6, 6.07) is 17.3. The maximum absolute atomic E-state index is 12.6. The fourth-order valence-electron chi connectivity index (χ4n) is 2.71. The normalized spacial score (nSPS) is 10.1. The molecule has 0 aliphatic heterocycles. The number of anilines is 1. The number of amides is 3. The molecule has 2 aromatic carbocycles. The van der Waals surface area contributed by atoms with E-state index in [0.717, 1.165) is 5.56 Å². The molecule has 0 saturated heterocycles. The zero-order valence-corrected chi connectivity index (χ0v) is 17.6. The Labute approximate surface area is 181 Å². The molecule has 0 radical (unpaired) electrons. The summed E-state index contributed by atoms with van der Waals surface area (Å²) in [6.45, 7) is 3.83. The Morgan fingerprint density at radius 1 is 1.06 bits per heavy atom. The second-order valence-electron chi connectivity index (χ2n) is 7.04. The quantitative estimate of drug-likeness (QED) is 0.604. The van der Waals surface area contributed by atoms with E-state index in [0.29, 0.717) is 17.8 Å². The highest BCUT2D eigenvalue weighted by Crippen LogP contribution is 2.14. The van der Waals surface area contributed by atoms with Crippen molar-refractivity contribution in [2.24, 2.45) is 0 Å². The second-order valence-corrected chi connectivity index (χ2v) is 7.04. The summed E-state index contributed by atoms with van der Waals surface area (Å²) in [6.07, 6.45) is 0.166. The molecule has 0 heterocycles. The lowest BCUT2D eigenvalue weighted by Gasteiger charge is -2.21. The van der Waals surface area contributed by atoms with E-state index in [1.165, 1.54) is 4.90 Å². The molecule has 0 spiro atoms. The lowest BCUT2D eigenvalue weighted by Crippen LogP contribution is -2.39. The van der Waals surface area contributed by atoms with Crippen LogP contribution >= 0.6 is 0 Å². The SMILES string of the molecule is CC(C)NC(=O)NCc1ccc(C(=O)OCC(=O)N(CCC#N)c2ccccc2)cc1. The minimum Gasteiger partial charge on any atom is -0.452 e. The first-order valence-corrected chi connectivity index (χ1v) is 9.93. The van der Waals surface area contributed by atoms with Crippen LogP contribution in [0.3, 0.4) is 0 Å². The van der Waals surface area contributed by atoms with Crippen LogP contribution in [0.4, 0.5) is 10.5 Å². The Kier molecular flexibility index (Phi) is 9.05. The summed E-state index contributed by atoms with van der Waals surface area (Å²) in [7, 11) is 0. The number of hydrogen-bond donors (Lipinski definition) is 2. The van der Waals surface area contributed by atoms with Crippen LogP contribution < -0.4 is 15.5 Å². The van der Waals surface area contributed by atoms with E-state index in [9.17, 15) is 14.4 Å². The predicted octanol–water partition coefficient (Wildman–Crippen LogP) is 3.00. The van der Waals surface area contributed by atoms with Crippen molar-refractivity contribution < 1.29 is 19.1 Å². The van der Waals surface area contributed by atoms with Crippen molar-refractivity contribution in [1.29, 1.82) is 5.26 Å². The molecule has 0 aromatic heterocycles. The molecule has 0 fully saturated rings. The van der Waals surface area contributed by atoms with E-state index < -0.39 is 18.5 Å². The van der Waals surface area contributed by atoms with Gasteiger partial charge in [0.15, 0.2) is 6.61 Å². The van der Waals surface area contributed by atoms with Gasteiger partial charge in [-0.3, -0.25) is 4.79 Å². The van der Waals surface area contributed by atoms with E-state index in [2.05, 4.69) is 10.6 Å². The zero-order chi connectivity index (χ0) is 22.6. The Hall–Kier alpha value is -3.86. The maximum atomic E-state index is 12.6. The first-order chi connectivity index (χ1) is 14.9. The van der Waals surface area contributed by atoms with Gasteiger partial charge in [-0.25, -0.2) is 9.59 Å². The van der Waals surface area contributed by atoms with Gasteiger partial charge in [0.1, 0.15) is 0 Å². The number of hydrogen-bond acceptors (Lipinski definition) is 5. The Morgan fingerprint density at radius 3 is 2.35 bits per heavy atom. The van der Waals surface area contributed by atoms with Crippen LogP contribution in [0, 0.1) is 11.3 Å². The van der Waals surface area contributed by atoms with Gasteiger partial charge in [-0.1, -0.05) is 30.3 Å². The molecule has 2 rings (SSSR count). The number of nitrogens with zero attached hydrogens (tertiary/aromatic N) is 2. The molecular formula is C23H26N4O4. The highest BCUT2D eigenvalue weighted by molar-refractivity contribution is 5.97. The van der Waals surface area contributed by atoms with Crippen LogP contribution in [-0.4, -0.2) is 37.1 Å². The van der Waals surface area contributed by atoms with E-state index in [4.69, 9.17) is 10.00 Å². The van der Waals surface area contributed by atoms with Gasteiger partial charge in [-0.2, -0.15) is 5.26 Å². The Balaban J connectivity index is 1.90. The van der Waals surface area contributed by atoms with Crippen molar-refractivity contribution in [3.63, 3.8) is 0 Å². The van der Waals surface area contributed by atoms with Crippen molar-refractivity contribution in [2.45, 2.75) is 32.9 Å². The van der Waals surface area contributed by atoms with Gasteiger partial charge < -0.3 is 20.3 Å². The third kappa shape index (κ3) is 7.82. The Morgan fingerprint density at radius 2 is 1.74 bits per heavy atom. The summed E-state index contributed by atoms with van der Waals surface area (Å²) in [5, 5.41) is 14.3. The number of carbonyl (C=O) groups is 3. The van der Waals surface area contributed by atoms with Crippen LogP contribution in [-0.2, 0) is 16.1 Å². The van der Waals surface area contributed by atoms with E-state index in [-0.39, 0.29) is 25.0 Å². The molecule has 0 aliphatic rings. The van der Waals surface area contributed by atoms with Gasteiger partial charge in [0.2, 0.25) is 0 Å². The van der Waals surface area contributed by atoms with Gasteiger partial charge in [0.05, 0.1) is 18.1 Å². The fourth-order valence-corrected chi connectivity index (χ4v) is 2.71. The molecule has 8 nitrogen and oxygen atoms in total. The standard InChI is InChI=1S/C23H26N4O4/c1-17(2)26-23(30)25-15-18-9-11-19(12-10-18)22(29)31-16-21(28)27(14-6-13-24)20-7-4-3-5-8-20/h3-5,7-12,17H,6,14-16H2,1-2H3,(H2,25,26,30). The van der Waals surface area contributed by atoms with Crippen LogP contribution in [0.15, 0.2) is 54.6 Å². The summed E-state index contributed by atoms with van der Waals surface area (Å²) < 4.78 is 5.16. The second kappa shape index (κ2) is 12.0. The van der Waals surface area contributed by atoms with Crippen LogP contribution in [0.25, 0.3) is 0 Å². The summed E-state index contributed by atoms with van der Waals surface area (Å²) in [4.78, 5) is 37.9. The molecule has 0 bridgehead atoms. The lowest BCUT2D eigenvalue weighted by molar-refractivity contribution is -0.121. The molecule has 0 atom stereocenters. The van der Waals surface area contributed by atoms with E-state index in [1.807, 2.05) is 26.0 Å². The molecule has 8 heteroatoms. The highest BCUT2D eigenvalue weighted by atomic mass is 16.5. The first-order valence-electron chi connectivity index (χ1n) is 9.93. The van der Waals surface area contributed by atoms with Crippen molar-refractivity contribution >= 4 is 23.6 Å². The van der Waals surface area contributed by atoms with Gasteiger partial charge in [-0.15, -0.1) is 0 Å². The number of nitriles is 1. The minimum absolute atomic E-state index is 0.0394. The van der Waals surface area contributed by atoms with Gasteiger partial charge in [-0.05, 0) is 43.7 Å². The molecule has 2 aromatic rings. The third-order valence-electron chi connectivity index (χ3n) is 4.21. The molecule has 0 aliphatic carbocycles. The smallest absolute Gasteiger partial charge is 0.338 e. The monoisotopic (exact) mass is 422 g/mol. The molecule has 2 N–H and O–H groups in total. The van der Waals surface area contributed by atoms with Crippen LogP contribution in [0.2, 0.25) is 0 Å². The molecular weight excluding hydrogens is 396 g/mol. The molecule has 0 unspecified atom stereocenters. The topological polar surface area (TPSA) is 112 Å². The highest BCUT2D eigenvalue weighted by Gasteiger charge is 2.18. The number of carbonyl (C=O) groups excluding carboxylic acids is 3. The number of esters is 1. The predicted molar refractivity (Wildman–Crippen MR) is 116 cm³/mol. The minimum atomic E-state index is -0.626. The largest absolute Gasteiger partial charge is 0.452 e. The molecule has 162 valence electrons.